The maximum atomic E-state index is 13.8. The predicted octanol–water partition coefficient (Wildman–Crippen LogP) is 2.38. The number of nitrogens with zero attached hydrogens (tertiary/aromatic N) is 2. The van der Waals surface area contributed by atoms with Gasteiger partial charge in [0.25, 0.3) is 0 Å². The van der Waals surface area contributed by atoms with E-state index in [-0.39, 0.29) is 5.82 Å². The number of anilines is 1. The Labute approximate surface area is 105 Å². The summed E-state index contributed by atoms with van der Waals surface area (Å²) in [6, 6.07) is 5.00. The van der Waals surface area contributed by atoms with E-state index in [2.05, 4.69) is 10.3 Å². The van der Waals surface area contributed by atoms with Crippen molar-refractivity contribution < 1.29 is 9.13 Å². The molecule has 0 atom stereocenters. The van der Waals surface area contributed by atoms with Crippen molar-refractivity contribution in [2.75, 3.05) is 25.6 Å². The van der Waals surface area contributed by atoms with Crippen LogP contribution in [-0.2, 0) is 4.74 Å². The molecule has 0 unspecified atom stereocenters. The lowest BCUT2D eigenvalue weighted by atomic mass is 10.2. The molecule has 18 heavy (non-hydrogen) atoms. The van der Waals surface area contributed by atoms with Crippen molar-refractivity contribution in [2.45, 2.75) is 6.92 Å². The van der Waals surface area contributed by atoms with Crippen LogP contribution in [0, 0.1) is 12.7 Å². The number of nitrogens with one attached hydrogen (secondary N) is 1. The maximum absolute atomic E-state index is 13.8. The van der Waals surface area contributed by atoms with E-state index in [1.807, 2.05) is 6.92 Å². The topological polar surface area (TPSA) is 39.1 Å². The van der Waals surface area contributed by atoms with E-state index in [9.17, 15) is 4.39 Å². The molecule has 4 nitrogen and oxygen atoms in total. The first kappa shape index (κ1) is 12.6. The highest BCUT2D eigenvalue weighted by molar-refractivity contribution is 5.44. The highest BCUT2D eigenvalue weighted by atomic mass is 19.1. The summed E-state index contributed by atoms with van der Waals surface area (Å²) in [6.07, 6.45) is 3.36. The Morgan fingerprint density at radius 3 is 3.06 bits per heavy atom. The summed E-state index contributed by atoms with van der Waals surface area (Å²) in [7, 11) is 1.63. The zero-order valence-electron chi connectivity index (χ0n) is 10.5. The highest BCUT2D eigenvalue weighted by Gasteiger charge is 2.09. The lowest BCUT2D eigenvalue weighted by molar-refractivity contribution is 0.210. The molecule has 1 N–H and O–H groups in total. The molecule has 0 bridgehead atoms. The van der Waals surface area contributed by atoms with Crippen LogP contribution in [0.2, 0.25) is 0 Å². The van der Waals surface area contributed by atoms with Gasteiger partial charge in [0, 0.05) is 26.0 Å². The Balaban J connectivity index is 2.27. The van der Waals surface area contributed by atoms with Crippen molar-refractivity contribution in [1.29, 1.82) is 0 Å². The van der Waals surface area contributed by atoms with Gasteiger partial charge in [-0.15, -0.1) is 0 Å². The van der Waals surface area contributed by atoms with E-state index >= 15 is 0 Å². The number of benzene rings is 1. The molecule has 0 spiro atoms. The van der Waals surface area contributed by atoms with Crippen LogP contribution in [0.1, 0.15) is 5.56 Å². The van der Waals surface area contributed by atoms with Crippen LogP contribution in [0.3, 0.4) is 0 Å². The Morgan fingerprint density at radius 1 is 1.44 bits per heavy atom. The van der Waals surface area contributed by atoms with E-state index < -0.39 is 0 Å². The van der Waals surface area contributed by atoms with Gasteiger partial charge in [0.2, 0.25) is 5.95 Å². The molecule has 0 saturated carbocycles. The molecule has 0 aliphatic rings. The number of ether oxygens (including phenoxy) is 1. The first-order valence-corrected chi connectivity index (χ1v) is 5.75. The minimum atomic E-state index is -0.270. The molecule has 1 aromatic carbocycles. The first-order valence-electron chi connectivity index (χ1n) is 5.75. The summed E-state index contributed by atoms with van der Waals surface area (Å²) in [5, 5.41) is 3.10. The van der Waals surface area contributed by atoms with Crippen LogP contribution < -0.4 is 5.32 Å². The van der Waals surface area contributed by atoms with Gasteiger partial charge in [-0.1, -0.05) is 6.07 Å². The number of rotatable bonds is 5. The van der Waals surface area contributed by atoms with Crippen LogP contribution >= 0.6 is 0 Å². The van der Waals surface area contributed by atoms with Crippen LogP contribution in [-0.4, -0.2) is 29.8 Å². The third-order valence-corrected chi connectivity index (χ3v) is 2.59. The first-order chi connectivity index (χ1) is 8.72. The summed E-state index contributed by atoms with van der Waals surface area (Å²) in [5.74, 6) is 0.338. The molecule has 0 aliphatic heterocycles. The van der Waals surface area contributed by atoms with Crippen molar-refractivity contribution >= 4 is 5.95 Å². The highest BCUT2D eigenvalue weighted by Crippen LogP contribution is 2.19. The second kappa shape index (κ2) is 5.64. The van der Waals surface area contributed by atoms with Crippen molar-refractivity contribution in [3.8, 4) is 5.69 Å². The summed E-state index contributed by atoms with van der Waals surface area (Å²) in [4.78, 5) is 4.16. The van der Waals surface area contributed by atoms with Crippen molar-refractivity contribution in [3.05, 3.63) is 42.0 Å². The smallest absolute Gasteiger partial charge is 0.207 e. The zero-order chi connectivity index (χ0) is 13.0. The van der Waals surface area contributed by atoms with Crippen LogP contribution in [0.4, 0.5) is 10.3 Å². The minimum absolute atomic E-state index is 0.270. The summed E-state index contributed by atoms with van der Waals surface area (Å²) >= 11 is 0. The molecule has 0 radical (unpaired) electrons. The number of aryl methyl sites for hydroxylation is 1. The normalized spacial score (nSPS) is 10.6. The van der Waals surface area contributed by atoms with E-state index in [1.54, 1.807) is 36.2 Å². The Hall–Kier alpha value is -1.88. The van der Waals surface area contributed by atoms with Crippen LogP contribution in [0.25, 0.3) is 5.69 Å². The molecule has 0 fully saturated rings. The monoisotopic (exact) mass is 249 g/mol. The average molecular weight is 249 g/mol. The SMILES string of the molecule is COCCNc1nccn1-c1cc(C)ccc1F. The third kappa shape index (κ3) is 2.68. The molecule has 5 heteroatoms. The predicted molar refractivity (Wildman–Crippen MR) is 68.6 cm³/mol. The molecular formula is C13H16FN3O. The third-order valence-electron chi connectivity index (χ3n) is 2.59. The van der Waals surface area contributed by atoms with Crippen LogP contribution in [0.5, 0.6) is 0 Å². The number of methoxy groups -OCH3 is 1. The summed E-state index contributed by atoms with van der Waals surface area (Å²) < 4.78 is 20.4. The molecule has 1 aromatic heterocycles. The largest absolute Gasteiger partial charge is 0.383 e. The van der Waals surface area contributed by atoms with E-state index in [0.717, 1.165) is 5.56 Å². The number of halogens is 1. The van der Waals surface area contributed by atoms with Gasteiger partial charge >= 0.3 is 0 Å². The average Bonchev–Trinajstić information content (AvgIpc) is 2.81. The Kier molecular flexibility index (Phi) is 3.94. The van der Waals surface area contributed by atoms with E-state index in [1.165, 1.54) is 6.07 Å². The summed E-state index contributed by atoms with van der Waals surface area (Å²) in [6.45, 7) is 3.13. The van der Waals surface area contributed by atoms with Gasteiger partial charge in [0.1, 0.15) is 5.82 Å². The van der Waals surface area contributed by atoms with Gasteiger partial charge in [0.05, 0.1) is 12.3 Å². The summed E-state index contributed by atoms with van der Waals surface area (Å²) in [5.41, 5.74) is 1.50. The Morgan fingerprint density at radius 2 is 2.28 bits per heavy atom. The van der Waals surface area contributed by atoms with Gasteiger partial charge in [-0.2, -0.15) is 0 Å². The lowest BCUT2D eigenvalue weighted by Gasteiger charge is -2.11. The zero-order valence-corrected chi connectivity index (χ0v) is 10.5. The van der Waals surface area contributed by atoms with Gasteiger partial charge in [-0.25, -0.2) is 9.37 Å². The Bertz CT molecular complexity index is 525. The fraction of sp³-hybridized carbons (Fsp3) is 0.308. The molecule has 2 aromatic rings. The number of imidazole rings is 1. The second-order valence-corrected chi connectivity index (χ2v) is 4.00. The van der Waals surface area contributed by atoms with E-state index in [4.69, 9.17) is 4.74 Å². The van der Waals surface area contributed by atoms with Gasteiger partial charge in [-0.05, 0) is 24.6 Å². The molecule has 0 saturated heterocycles. The fourth-order valence-corrected chi connectivity index (χ4v) is 1.70. The fourth-order valence-electron chi connectivity index (χ4n) is 1.70. The second-order valence-electron chi connectivity index (χ2n) is 4.00. The standard InChI is InChI=1S/C13H16FN3O/c1-10-3-4-11(14)12(9-10)17-7-5-15-13(17)16-6-8-18-2/h3-5,7,9H,6,8H2,1-2H3,(H,15,16). The number of aromatic nitrogens is 2. The van der Waals surface area contributed by atoms with E-state index in [0.29, 0.717) is 24.8 Å². The maximum Gasteiger partial charge on any atom is 0.207 e. The minimum Gasteiger partial charge on any atom is -0.383 e. The number of hydrogen-bond donors (Lipinski definition) is 1. The van der Waals surface area contributed by atoms with Crippen molar-refractivity contribution in [2.24, 2.45) is 0 Å². The quantitative estimate of drug-likeness (QED) is 0.827. The molecule has 0 aliphatic carbocycles. The molecule has 1 heterocycles. The van der Waals surface area contributed by atoms with Gasteiger partial charge in [0.15, 0.2) is 0 Å². The molecule has 2 rings (SSSR count). The van der Waals surface area contributed by atoms with Crippen LogP contribution in [0.15, 0.2) is 30.6 Å². The number of hydrogen-bond acceptors (Lipinski definition) is 3. The molecular weight excluding hydrogens is 233 g/mol. The lowest BCUT2D eigenvalue weighted by Crippen LogP contribution is -2.12. The van der Waals surface area contributed by atoms with Crippen molar-refractivity contribution in [3.63, 3.8) is 0 Å². The van der Waals surface area contributed by atoms with Gasteiger partial charge < -0.3 is 10.1 Å². The molecule has 96 valence electrons. The van der Waals surface area contributed by atoms with Gasteiger partial charge in [-0.3, -0.25) is 4.57 Å². The molecule has 0 amide bonds. The van der Waals surface area contributed by atoms with Crippen molar-refractivity contribution in [1.82, 2.24) is 9.55 Å².